The molecule has 1 aliphatic heterocycles. The van der Waals surface area contributed by atoms with Crippen molar-refractivity contribution in [1.29, 1.82) is 0 Å². The fourth-order valence-corrected chi connectivity index (χ4v) is 5.09. The third kappa shape index (κ3) is 5.71. The first-order valence-electron chi connectivity index (χ1n) is 10.6. The van der Waals surface area contributed by atoms with Gasteiger partial charge in [-0.1, -0.05) is 18.0 Å². The van der Waals surface area contributed by atoms with E-state index in [0.29, 0.717) is 24.8 Å². The number of nitrogens with one attached hydrogen (secondary N) is 1. The van der Waals surface area contributed by atoms with Crippen molar-refractivity contribution in [2.24, 2.45) is 0 Å². The van der Waals surface area contributed by atoms with Gasteiger partial charge in [0.15, 0.2) is 12.4 Å². The van der Waals surface area contributed by atoms with Gasteiger partial charge in [0.05, 0.1) is 17.1 Å². The number of hydrogen-bond acceptors (Lipinski definition) is 7. The smallest absolute Gasteiger partial charge is 0.422 e. The molecule has 2 aliphatic rings. The zero-order valence-corrected chi connectivity index (χ0v) is 18.2. The second-order valence-electron chi connectivity index (χ2n) is 8.05. The van der Waals surface area contributed by atoms with Gasteiger partial charge in [0, 0.05) is 19.0 Å². The van der Waals surface area contributed by atoms with E-state index in [1.54, 1.807) is 0 Å². The van der Waals surface area contributed by atoms with Gasteiger partial charge in [-0.3, -0.25) is 0 Å². The van der Waals surface area contributed by atoms with Crippen molar-refractivity contribution in [1.82, 2.24) is 14.4 Å². The molecular formula is C20H25F3N4O4S. The molecule has 1 aromatic heterocycles. The average molecular weight is 475 g/mol. The predicted octanol–water partition coefficient (Wildman–Crippen LogP) is 4.06. The summed E-state index contributed by atoms with van der Waals surface area (Å²) in [6.45, 7) is -0.631. The Labute approximate surface area is 184 Å². The molecule has 8 nitrogen and oxygen atoms in total. The summed E-state index contributed by atoms with van der Waals surface area (Å²) in [5, 5.41) is 6.79. The van der Waals surface area contributed by atoms with Crippen molar-refractivity contribution >= 4 is 15.7 Å². The van der Waals surface area contributed by atoms with Crippen LogP contribution in [0.15, 0.2) is 27.6 Å². The fourth-order valence-electron chi connectivity index (χ4n) is 3.54. The first-order chi connectivity index (χ1) is 15.2. The van der Waals surface area contributed by atoms with Crippen LogP contribution >= 0.6 is 0 Å². The minimum absolute atomic E-state index is 0.00884. The lowest BCUT2D eigenvalue weighted by molar-refractivity contribution is -0.153. The highest BCUT2D eigenvalue weighted by Gasteiger charge is 2.31. The van der Waals surface area contributed by atoms with Gasteiger partial charge in [-0.15, -0.1) is 0 Å². The Hall–Kier alpha value is -2.34. The van der Waals surface area contributed by atoms with E-state index in [-0.39, 0.29) is 28.8 Å². The number of sulfonamides is 1. The van der Waals surface area contributed by atoms with Crippen LogP contribution in [0.2, 0.25) is 0 Å². The van der Waals surface area contributed by atoms with Gasteiger partial charge in [-0.05, 0) is 43.9 Å². The lowest BCUT2D eigenvalue weighted by Crippen LogP contribution is -2.32. The van der Waals surface area contributed by atoms with Crippen molar-refractivity contribution in [3.05, 3.63) is 29.9 Å². The highest BCUT2D eigenvalue weighted by atomic mass is 32.2. The maximum Gasteiger partial charge on any atom is 0.422 e. The number of aromatic nitrogens is 2. The number of benzene rings is 1. The van der Waals surface area contributed by atoms with Gasteiger partial charge in [-0.2, -0.15) is 22.5 Å². The van der Waals surface area contributed by atoms with Crippen LogP contribution in [0.3, 0.4) is 0 Å². The standard InChI is InChI=1S/C20H25F3N4O4S/c21-20(22,23)13-30-17-8-7-15(32(28,29)27-9-3-1-2-4-10-27)11-16(17)24-12-18-25-19(26-31-18)14-5-6-14/h7-8,11,14,24H,1-6,9-10,12-13H2. The Balaban J connectivity index is 1.56. The highest BCUT2D eigenvalue weighted by molar-refractivity contribution is 7.89. The molecule has 1 aromatic carbocycles. The van der Waals surface area contributed by atoms with E-state index in [2.05, 4.69) is 15.5 Å². The summed E-state index contributed by atoms with van der Waals surface area (Å²) in [7, 11) is -3.79. The molecule has 0 amide bonds. The number of ether oxygens (including phenoxy) is 1. The largest absolute Gasteiger partial charge is 0.482 e. The van der Waals surface area contributed by atoms with E-state index in [0.717, 1.165) is 38.5 Å². The van der Waals surface area contributed by atoms with Crippen LogP contribution in [0, 0.1) is 0 Å². The normalized spacial score (nSPS) is 18.3. The summed E-state index contributed by atoms with van der Waals surface area (Å²) >= 11 is 0. The van der Waals surface area contributed by atoms with E-state index in [4.69, 9.17) is 9.26 Å². The molecule has 2 aromatic rings. The Kier molecular flexibility index (Phi) is 6.61. The minimum atomic E-state index is -4.53. The number of anilines is 1. The summed E-state index contributed by atoms with van der Waals surface area (Å²) in [6, 6.07) is 3.81. The summed E-state index contributed by atoms with van der Waals surface area (Å²) in [5.74, 6) is 1.04. The molecule has 0 spiro atoms. The molecule has 12 heteroatoms. The lowest BCUT2D eigenvalue weighted by atomic mass is 10.2. The van der Waals surface area contributed by atoms with Gasteiger partial charge < -0.3 is 14.6 Å². The molecule has 2 heterocycles. The Morgan fingerprint density at radius 3 is 2.53 bits per heavy atom. The van der Waals surface area contributed by atoms with Crippen molar-refractivity contribution in [2.45, 2.75) is 62.1 Å². The number of nitrogens with zero attached hydrogens (tertiary/aromatic N) is 3. The molecule has 0 bridgehead atoms. The summed E-state index contributed by atoms with van der Waals surface area (Å²) < 4.78 is 75.8. The van der Waals surface area contributed by atoms with Gasteiger partial charge in [0.2, 0.25) is 15.9 Å². The van der Waals surface area contributed by atoms with Gasteiger partial charge in [-0.25, -0.2) is 8.42 Å². The maximum absolute atomic E-state index is 13.1. The van der Waals surface area contributed by atoms with Crippen molar-refractivity contribution in [3.63, 3.8) is 0 Å². The van der Waals surface area contributed by atoms with Crippen LogP contribution < -0.4 is 10.1 Å². The van der Waals surface area contributed by atoms with Crippen LogP contribution in [0.5, 0.6) is 5.75 Å². The first kappa shape index (κ1) is 22.8. The molecule has 0 radical (unpaired) electrons. The van der Waals surface area contributed by atoms with Crippen molar-refractivity contribution in [3.8, 4) is 5.75 Å². The topological polar surface area (TPSA) is 97.6 Å². The van der Waals surface area contributed by atoms with E-state index in [1.165, 1.54) is 22.5 Å². The Bertz CT molecular complexity index is 1030. The highest BCUT2D eigenvalue weighted by Crippen LogP contribution is 2.38. The molecule has 1 saturated heterocycles. The molecule has 0 unspecified atom stereocenters. The van der Waals surface area contributed by atoms with Crippen molar-refractivity contribution < 1.29 is 30.8 Å². The maximum atomic E-state index is 13.1. The fraction of sp³-hybridized carbons (Fsp3) is 0.600. The number of hydrogen-bond donors (Lipinski definition) is 1. The van der Waals surface area contributed by atoms with Crippen LogP contribution in [0.25, 0.3) is 0 Å². The molecule has 176 valence electrons. The van der Waals surface area contributed by atoms with Crippen LogP contribution in [0.4, 0.5) is 18.9 Å². The lowest BCUT2D eigenvalue weighted by Gasteiger charge is -2.21. The zero-order valence-electron chi connectivity index (χ0n) is 17.4. The molecule has 0 atom stereocenters. The molecule has 1 saturated carbocycles. The van der Waals surface area contributed by atoms with Crippen molar-refractivity contribution in [2.75, 3.05) is 25.0 Å². The van der Waals surface area contributed by atoms with Gasteiger partial charge >= 0.3 is 6.18 Å². The number of halogens is 3. The predicted molar refractivity (Wildman–Crippen MR) is 109 cm³/mol. The van der Waals surface area contributed by atoms with E-state index in [1.807, 2.05) is 0 Å². The number of alkyl halides is 3. The second kappa shape index (κ2) is 9.26. The van der Waals surface area contributed by atoms with Gasteiger partial charge in [0.1, 0.15) is 5.75 Å². The molecule has 4 rings (SSSR count). The molecule has 1 aliphatic carbocycles. The van der Waals surface area contributed by atoms with Crippen LogP contribution in [-0.2, 0) is 16.6 Å². The first-order valence-corrected chi connectivity index (χ1v) is 12.1. The molecule has 2 fully saturated rings. The Morgan fingerprint density at radius 2 is 1.88 bits per heavy atom. The minimum Gasteiger partial charge on any atom is -0.482 e. The third-order valence-electron chi connectivity index (χ3n) is 5.40. The zero-order chi connectivity index (χ0) is 22.8. The quantitative estimate of drug-likeness (QED) is 0.616. The monoisotopic (exact) mass is 474 g/mol. The summed E-state index contributed by atoms with van der Waals surface area (Å²) in [4.78, 5) is 4.26. The van der Waals surface area contributed by atoms with Crippen LogP contribution in [-0.4, -0.2) is 48.7 Å². The van der Waals surface area contributed by atoms with Crippen LogP contribution in [0.1, 0.15) is 56.2 Å². The second-order valence-corrected chi connectivity index (χ2v) is 9.99. The average Bonchev–Trinajstić information content (AvgIpc) is 3.54. The van der Waals surface area contributed by atoms with E-state index < -0.39 is 22.8 Å². The van der Waals surface area contributed by atoms with E-state index >= 15 is 0 Å². The SMILES string of the molecule is O=S(=O)(c1ccc(OCC(F)(F)F)c(NCc2nc(C3CC3)no2)c1)N1CCCCCC1. The molecular weight excluding hydrogens is 449 g/mol. The summed E-state index contributed by atoms with van der Waals surface area (Å²) in [5.41, 5.74) is 0.108. The number of rotatable bonds is 8. The Morgan fingerprint density at radius 1 is 1.16 bits per heavy atom. The summed E-state index contributed by atoms with van der Waals surface area (Å²) in [6.07, 6.45) is 0.956. The van der Waals surface area contributed by atoms with E-state index in [9.17, 15) is 21.6 Å². The third-order valence-corrected chi connectivity index (χ3v) is 7.30. The van der Waals surface area contributed by atoms with Gasteiger partial charge in [0.25, 0.3) is 0 Å². The molecule has 1 N–H and O–H groups in total. The molecule has 32 heavy (non-hydrogen) atoms.